The number of aromatic nitrogens is 1. The van der Waals surface area contributed by atoms with Crippen LogP contribution in [0.4, 0.5) is 4.39 Å². The zero-order valence-electron chi connectivity index (χ0n) is 30.5. The fourth-order valence-corrected chi connectivity index (χ4v) is 7.22. The molecule has 4 N–H and O–H groups in total. The molecule has 3 aromatic rings. The van der Waals surface area contributed by atoms with E-state index in [1.807, 2.05) is 30.3 Å². The lowest BCUT2D eigenvalue weighted by atomic mass is 9.93. The first-order valence-electron chi connectivity index (χ1n) is 17.7. The Morgan fingerprint density at radius 2 is 1.58 bits per heavy atom. The van der Waals surface area contributed by atoms with Gasteiger partial charge in [0.2, 0.25) is 29.5 Å². The van der Waals surface area contributed by atoms with Crippen molar-refractivity contribution in [1.82, 2.24) is 36.1 Å². The van der Waals surface area contributed by atoms with Crippen LogP contribution in [0.2, 0.25) is 0 Å². The number of hydrogen-bond acceptors (Lipinski definition) is 8. The number of carbonyl (C=O) groups excluding carboxylic acids is 6. The van der Waals surface area contributed by atoms with E-state index in [1.54, 1.807) is 32.0 Å². The van der Waals surface area contributed by atoms with E-state index in [4.69, 9.17) is 0 Å². The van der Waals surface area contributed by atoms with Crippen molar-refractivity contribution in [3.63, 3.8) is 0 Å². The van der Waals surface area contributed by atoms with Crippen LogP contribution in [-0.4, -0.2) is 95.0 Å². The van der Waals surface area contributed by atoms with Crippen molar-refractivity contribution in [1.29, 1.82) is 0 Å². The Balaban J connectivity index is 1.49. The summed E-state index contributed by atoms with van der Waals surface area (Å²) in [5, 5.41) is 12.9. The third-order valence-corrected chi connectivity index (χ3v) is 10.6. The highest BCUT2D eigenvalue weighted by atomic mass is 32.1. The monoisotopic (exact) mass is 747 g/mol. The van der Waals surface area contributed by atoms with Gasteiger partial charge in [0.05, 0.1) is 18.0 Å². The van der Waals surface area contributed by atoms with Crippen LogP contribution in [0.15, 0.2) is 60.0 Å². The highest BCUT2D eigenvalue weighted by Crippen LogP contribution is 2.50. The average molecular weight is 748 g/mol. The summed E-state index contributed by atoms with van der Waals surface area (Å²) in [6.45, 7) is 6.03. The van der Waals surface area contributed by atoms with E-state index >= 15 is 4.39 Å². The number of rotatable bonds is 5. The molecule has 0 unspecified atom stereocenters. The highest BCUT2D eigenvalue weighted by Gasteiger charge is 2.54. The van der Waals surface area contributed by atoms with Crippen LogP contribution in [-0.2, 0) is 35.8 Å². The molecule has 1 aromatic heterocycles. The Morgan fingerprint density at radius 1 is 0.906 bits per heavy atom. The van der Waals surface area contributed by atoms with E-state index in [1.165, 1.54) is 42.1 Å². The third-order valence-electron chi connectivity index (χ3n) is 9.64. The first-order chi connectivity index (χ1) is 25.2. The molecule has 15 heteroatoms. The highest BCUT2D eigenvalue weighted by molar-refractivity contribution is 7.09. The number of nitrogens with zero attached hydrogens (tertiary/aromatic N) is 3. The number of nitrogens with one attached hydrogen (secondary N) is 4. The fourth-order valence-electron chi connectivity index (χ4n) is 6.37. The van der Waals surface area contributed by atoms with Gasteiger partial charge in [0.25, 0.3) is 5.91 Å². The van der Waals surface area contributed by atoms with Crippen molar-refractivity contribution < 1.29 is 33.2 Å². The van der Waals surface area contributed by atoms with Crippen LogP contribution in [0.3, 0.4) is 0 Å². The van der Waals surface area contributed by atoms with Gasteiger partial charge in [-0.3, -0.25) is 28.8 Å². The summed E-state index contributed by atoms with van der Waals surface area (Å²) in [6.07, 6.45) is 1.12. The molecular weight excluding hydrogens is 702 g/mol. The molecule has 2 bridgehead atoms. The summed E-state index contributed by atoms with van der Waals surface area (Å²) >= 11 is 1.16. The number of halogens is 1. The number of thiazole rings is 1. The lowest BCUT2D eigenvalue weighted by molar-refractivity contribution is -0.140. The molecular formula is C38H46FN7O6S. The zero-order chi connectivity index (χ0) is 38.4. The maximum absolute atomic E-state index is 15.1. The topological polar surface area (TPSA) is 170 Å². The van der Waals surface area contributed by atoms with Crippen LogP contribution in [0.5, 0.6) is 0 Å². The lowest BCUT2D eigenvalue weighted by Crippen LogP contribution is -2.57. The molecule has 6 amide bonds. The Hall–Kier alpha value is -5.18. The van der Waals surface area contributed by atoms with Gasteiger partial charge in [0, 0.05) is 31.1 Å². The van der Waals surface area contributed by atoms with E-state index in [0.717, 1.165) is 16.9 Å². The largest absolute Gasteiger partial charge is 0.345 e. The van der Waals surface area contributed by atoms with Gasteiger partial charge < -0.3 is 31.1 Å². The molecule has 2 aromatic carbocycles. The summed E-state index contributed by atoms with van der Waals surface area (Å²) in [7, 11) is 1.52. The summed E-state index contributed by atoms with van der Waals surface area (Å²) < 4.78 is 15.1. The number of amides is 6. The van der Waals surface area contributed by atoms with Gasteiger partial charge >= 0.3 is 0 Å². The van der Waals surface area contributed by atoms with E-state index in [9.17, 15) is 28.8 Å². The molecule has 13 nitrogen and oxygen atoms in total. The van der Waals surface area contributed by atoms with Crippen LogP contribution in [0, 0.1) is 11.7 Å². The number of hydrogen-bond donors (Lipinski definition) is 4. The summed E-state index contributed by atoms with van der Waals surface area (Å²) in [4.78, 5) is 88.6. The second kappa shape index (κ2) is 16.7. The molecule has 2 aliphatic rings. The Morgan fingerprint density at radius 3 is 2.25 bits per heavy atom. The predicted octanol–water partition coefficient (Wildman–Crippen LogP) is 2.48. The van der Waals surface area contributed by atoms with Gasteiger partial charge in [-0.1, -0.05) is 62.4 Å². The van der Waals surface area contributed by atoms with Gasteiger partial charge in [-0.25, -0.2) is 9.37 Å². The van der Waals surface area contributed by atoms with Gasteiger partial charge in [-0.2, -0.15) is 0 Å². The maximum atomic E-state index is 15.1. The molecule has 5 rings (SSSR count). The first kappa shape index (κ1) is 39.0. The molecule has 1 fully saturated rings. The van der Waals surface area contributed by atoms with Crippen LogP contribution in [0.1, 0.15) is 73.2 Å². The maximum Gasteiger partial charge on any atom is 0.271 e. The minimum absolute atomic E-state index is 0.00431. The minimum atomic E-state index is -1.14. The second-order valence-corrected chi connectivity index (χ2v) is 15.0. The van der Waals surface area contributed by atoms with Crippen LogP contribution < -0.4 is 21.3 Å². The molecule has 0 spiro atoms. The Kier molecular flexibility index (Phi) is 12.3. The molecule has 282 valence electrons. The predicted molar refractivity (Wildman–Crippen MR) is 196 cm³/mol. The van der Waals surface area contributed by atoms with Crippen molar-refractivity contribution in [3.8, 4) is 0 Å². The van der Waals surface area contributed by atoms with E-state index < -0.39 is 77.4 Å². The Labute approximate surface area is 312 Å². The normalized spacial score (nSPS) is 23.3. The summed E-state index contributed by atoms with van der Waals surface area (Å²) in [5.41, 5.74) is 0.0335. The number of benzene rings is 2. The van der Waals surface area contributed by atoms with Crippen molar-refractivity contribution in [2.45, 2.75) is 76.5 Å². The summed E-state index contributed by atoms with van der Waals surface area (Å²) in [5.74, 6) is -4.11. The van der Waals surface area contributed by atoms with Crippen molar-refractivity contribution in [2.24, 2.45) is 5.92 Å². The molecule has 1 saturated carbocycles. The SMILES string of the molecule is CC(C)[C@@H]1NC(=O)[C@H](C)NC(=O)c2csc(n2)[C@H](Cc2ccccc2)NC(=O)CN(C(=O)C2(c3ccccc3F)CC2)CCN(C)C(=O)[C@@H](C)NC1=O. The zero-order valence-corrected chi connectivity index (χ0v) is 31.3. The van der Waals surface area contributed by atoms with Crippen molar-refractivity contribution >= 4 is 46.8 Å². The molecule has 2 heterocycles. The average Bonchev–Trinajstić information content (AvgIpc) is 3.78. The molecule has 4 atom stereocenters. The van der Waals surface area contributed by atoms with Gasteiger partial charge in [0.15, 0.2) is 0 Å². The van der Waals surface area contributed by atoms with Gasteiger partial charge in [0.1, 0.15) is 34.6 Å². The van der Waals surface area contributed by atoms with E-state index in [0.29, 0.717) is 24.3 Å². The fraction of sp³-hybridized carbons (Fsp3) is 0.447. The first-order valence-corrected chi connectivity index (χ1v) is 18.6. The van der Waals surface area contributed by atoms with Crippen molar-refractivity contribution in [3.05, 3.63) is 87.6 Å². The quantitative estimate of drug-likeness (QED) is 0.311. The molecule has 0 saturated heterocycles. The number of fused-ring (bicyclic) bond motifs is 2. The molecule has 1 aliphatic heterocycles. The van der Waals surface area contributed by atoms with Gasteiger partial charge in [-0.15, -0.1) is 11.3 Å². The number of likely N-dealkylation sites (N-methyl/N-ethyl adjacent to an activating group) is 1. The second-order valence-electron chi connectivity index (χ2n) is 14.1. The Bertz CT molecular complexity index is 1850. The summed E-state index contributed by atoms with van der Waals surface area (Å²) in [6, 6.07) is 11.7. The van der Waals surface area contributed by atoms with E-state index in [-0.39, 0.29) is 30.3 Å². The van der Waals surface area contributed by atoms with Crippen LogP contribution in [0.25, 0.3) is 0 Å². The molecule has 0 radical (unpaired) electrons. The van der Waals surface area contributed by atoms with Crippen molar-refractivity contribution in [2.75, 3.05) is 26.7 Å². The smallest absolute Gasteiger partial charge is 0.271 e. The van der Waals surface area contributed by atoms with E-state index in [2.05, 4.69) is 26.3 Å². The minimum Gasteiger partial charge on any atom is -0.345 e. The third kappa shape index (κ3) is 9.25. The molecule has 53 heavy (non-hydrogen) atoms. The number of carbonyl (C=O) groups is 6. The van der Waals surface area contributed by atoms with Gasteiger partial charge in [-0.05, 0) is 50.7 Å². The van der Waals surface area contributed by atoms with Crippen LogP contribution >= 0.6 is 11.3 Å². The lowest BCUT2D eigenvalue weighted by Gasteiger charge is -2.31. The standard InChI is InChI=1S/C38H46FN7O6S/c1-22(2)31-34(50)41-24(4)36(51)45(5)17-18-46(37(52)38(15-16-38)26-13-9-10-14-27(26)39)20-30(47)42-28(19-25-11-7-6-8-12-25)35-43-29(21-53-35)33(49)40-23(3)32(48)44-31/h6-14,21-24,28,31H,15-20H2,1-5H3,(H,40,49)(H,41,50)(H,42,47)(H,44,48)/t23-,24+,28-,31-/m0/s1. The molecule has 1 aliphatic carbocycles.